The van der Waals surface area contributed by atoms with Crippen LogP contribution in [-0.4, -0.2) is 33.5 Å². The fourth-order valence-corrected chi connectivity index (χ4v) is 3.66. The monoisotopic (exact) mass is 486 g/mol. The minimum atomic E-state index is -0.230. The van der Waals surface area contributed by atoms with Gasteiger partial charge >= 0.3 is 0 Å². The molecule has 0 fully saturated rings. The molecular formula is C19H17Cl3N4O3S. The fraction of sp³-hybridized carbons (Fsp3) is 0.211. The topological polar surface area (TPSA) is 78.3 Å². The van der Waals surface area contributed by atoms with Crippen LogP contribution in [0.5, 0.6) is 11.5 Å². The number of methoxy groups -OCH3 is 1. The predicted molar refractivity (Wildman–Crippen MR) is 119 cm³/mol. The van der Waals surface area contributed by atoms with Crippen LogP contribution < -0.4 is 14.8 Å². The molecule has 7 nitrogen and oxygen atoms in total. The molecule has 1 aromatic heterocycles. The first kappa shape index (κ1) is 22.6. The Bertz CT molecular complexity index is 1060. The number of thioether (sulfide) groups is 1. The molecule has 2 aromatic carbocycles. The molecule has 0 aliphatic carbocycles. The van der Waals surface area contributed by atoms with Crippen molar-refractivity contribution in [2.45, 2.75) is 11.8 Å². The molecule has 158 valence electrons. The number of carbonyl (C=O) groups is 1. The van der Waals surface area contributed by atoms with Crippen LogP contribution in [0.4, 0.5) is 5.69 Å². The molecular weight excluding hydrogens is 471 g/mol. The Labute approximate surface area is 192 Å². The Hall–Kier alpha value is -2.13. The molecule has 1 amide bonds. The zero-order valence-electron chi connectivity index (χ0n) is 16.0. The van der Waals surface area contributed by atoms with Gasteiger partial charge in [0.1, 0.15) is 18.1 Å². The van der Waals surface area contributed by atoms with Gasteiger partial charge in [-0.15, -0.1) is 10.2 Å². The molecule has 0 saturated carbocycles. The summed E-state index contributed by atoms with van der Waals surface area (Å²) in [5, 5.41) is 13.0. The fourth-order valence-electron chi connectivity index (χ4n) is 2.42. The first-order valence-corrected chi connectivity index (χ1v) is 10.7. The van der Waals surface area contributed by atoms with Crippen molar-refractivity contribution in [3.8, 4) is 11.5 Å². The van der Waals surface area contributed by atoms with Crippen LogP contribution in [0, 0.1) is 0 Å². The highest BCUT2D eigenvalue weighted by Crippen LogP contribution is 2.29. The van der Waals surface area contributed by atoms with Gasteiger partial charge in [-0.05, 0) is 30.3 Å². The van der Waals surface area contributed by atoms with E-state index in [1.807, 2.05) is 0 Å². The minimum Gasteiger partial charge on any atom is -0.495 e. The molecule has 11 heteroatoms. The molecule has 0 atom stereocenters. The number of aromatic nitrogens is 3. The van der Waals surface area contributed by atoms with E-state index in [-0.39, 0.29) is 18.3 Å². The Morgan fingerprint density at radius 3 is 2.60 bits per heavy atom. The Morgan fingerprint density at radius 2 is 1.83 bits per heavy atom. The number of nitrogens with zero attached hydrogens (tertiary/aromatic N) is 3. The van der Waals surface area contributed by atoms with E-state index >= 15 is 0 Å². The van der Waals surface area contributed by atoms with Crippen LogP contribution >= 0.6 is 46.6 Å². The summed E-state index contributed by atoms with van der Waals surface area (Å²) in [6, 6.07) is 9.96. The van der Waals surface area contributed by atoms with E-state index in [0.29, 0.717) is 43.2 Å². The first-order valence-electron chi connectivity index (χ1n) is 8.59. The molecule has 0 radical (unpaired) electrons. The maximum absolute atomic E-state index is 12.3. The molecule has 0 unspecified atom stereocenters. The zero-order chi connectivity index (χ0) is 21.7. The van der Waals surface area contributed by atoms with Gasteiger partial charge in [0, 0.05) is 23.2 Å². The maximum Gasteiger partial charge on any atom is 0.234 e. The number of rotatable bonds is 8. The van der Waals surface area contributed by atoms with Crippen molar-refractivity contribution in [2.75, 3.05) is 18.2 Å². The van der Waals surface area contributed by atoms with E-state index < -0.39 is 0 Å². The van der Waals surface area contributed by atoms with Crippen LogP contribution in [-0.2, 0) is 18.4 Å². The third kappa shape index (κ3) is 5.72. The van der Waals surface area contributed by atoms with Crippen molar-refractivity contribution >= 4 is 58.2 Å². The van der Waals surface area contributed by atoms with E-state index in [1.54, 1.807) is 48.0 Å². The molecule has 0 spiro atoms. The maximum atomic E-state index is 12.3. The van der Waals surface area contributed by atoms with Crippen molar-refractivity contribution in [3.63, 3.8) is 0 Å². The lowest BCUT2D eigenvalue weighted by atomic mass is 10.3. The van der Waals surface area contributed by atoms with Crippen molar-refractivity contribution in [3.05, 3.63) is 57.3 Å². The average molecular weight is 488 g/mol. The number of benzene rings is 2. The van der Waals surface area contributed by atoms with E-state index in [9.17, 15) is 4.79 Å². The Kier molecular flexibility index (Phi) is 7.71. The molecule has 1 N–H and O–H groups in total. The van der Waals surface area contributed by atoms with Gasteiger partial charge < -0.3 is 19.4 Å². The van der Waals surface area contributed by atoms with Crippen LogP contribution in [0.2, 0.25) is 15.1 Å². The van der Waals surface area contributed by atoms with Crippen molar-refractivity contribution in [1.29, 1.82) is 0 Å². The van der Waals surface area contributed by atoms with Gasteiger partial charge in [0.25, 0.3) is 0 Å². The van der Waals surface area contributed by atoms with Crippen LogP contribution in [0.1, 0.15) is 5.82 Å². The summed E-state index contributed by atoms with van der Waals surface area (Å²) in [7, 11) is 3.31. The van der Waals surface area contributed by atoms with Crippen molar-refractivity contribution in [1.82, 2.24) is 14.8 Å². The van der Waals surface area contributed by atoms with Gasteiger partial charge in [0.05, 0.1) is 23.6 Å². The van der Waals surface area contributed by atoms with E-state index in [1.165, 1.54) is 18.9 Å². The average Bonchev–Trinajstić information content (AvgIpc) is 3.07. The number of anilines is 1. The highest BCUT2D eigenvalue weighted by Gasteiger charge is 2.14. The number of nitrogens with one attached hydrogen (secondary N) is 1. The summed E-state index contributed by atoms with van der Waals surface area (Å²) in [5.41, 5.74) is 0.501. The number of hydrogen-bond donors (Lipinski definition) is 1. The summed E-state index contributed by atoms with van der Waals surface area (Å²) in [5.74, 6) is 1.45. The second-order valence-electron chi connectivity index (χ2n) is 6.00. The van der Waals surface area contributed by atoms with Gasteiger partial charge in [-0.3, -0.25) is 4.79 Å². The van der Waals surface area contributed by atoms with Crippen molar-refractivity contribution in [2.24, 2.45) is 7.05 Å². The Balaban J connectivity index is 1.58. The normalized spacial score (nSPS) is 10.7. The number of carbonyl (C=O) groups excluding carboxylic acids is 1. The van der Waals surface area contributed by atoms with Crippen LogP contribution in [0.15, 0.2) is 41.6 Å². The lowest BCUT2D eigenvalue weighted by Crippen LogP contribution is -2.15. The lowest BCUT2D eigenvalue weighted by Gasteiger charge is -2.10. The molecule has 3 aromatic rings. The SMILES string of the molecule is COc1ccc(Cl)cc1NC(=O)CSc1nnc(COc2cc(Cl)ccc2Cl)n1C. The van der Waals surface area contributed by atoms with E-state index in [0.717, 1.165) is 0 Å². The first-order chi connectivity index (χ1) is 14.4. The molecule has 0 bridgehead atoms. The Morgan fingerprint density at radius 1 is 1.10 bits per heavy atom. The number of amides is 1. The molecule has 1 heterocycles. The summed E-state index contributed by atoms with van der Waals surface area (Å²) in [6.45, 7) is 0.149. The molecule has 3 rings (SSSR count). The third-order valence-corrected chi connectivity index (χ3v) is 5.75. The highest BCUT2D eigenvalue weighted by molar-refractivity contribution is 7.99. The standard InChI is InChI=1S/C19H17Cl3N4O3S/c1-26-17(9-29-16-8-12(21)3-5-13(16)22)24-25-19(26)30-10-18(27)23-14-7-11(20)4-6-15(14)28-2/h3-8H,9-10H2,1-2H3,(H,23,27). The number of halogens is 3. The second-order valence-corrected chi connectivity index (χ2v) is 8.23. The zero-order valence-corrected chi connectivity index (χ0v) is 19.1. The quantitative estimate of drug-likeness (QED) is 0.446. The summed E-state index contributed by atoms with van der Waals surface area (Å²) < 4.78 is 12.7. The molecule has 30 heavy (non-hydrogen) atoms. The summed E-state index contributed by atoms with van der Waals surface area (Å²) in [4.78, 5) is 12.3. The number of ether oxygens (including phenoxy) is 2. The summed E-state index contributed by atoms with van der Waals surface area (Å²) >= 11 is 19.3. The van der Waals surface area contributed by atoms with E-state index in [4.69, 9.17) is 44.3 Å². The predicted octanol–water partition coefficient (Wildman–Crippen LogP) is 5.09. The second kappa shape index (κ2) is 10.3. The van der Waals surface area contributed by atoms with Gasteiger partial charge in [-0.25, -0.2) is 0 Å². The molecule has 0 saturated heterocycles. The van der Waals surface area contributed by atoms with Crippen LogP contribution in [0.25, 0.3) is 0 Å². The summed E-state index contributed by atoms with van der Waals surface area (Å²) in [6.07, 6.45) is 0. The van der Waals surface area contributed by atoms with Gasteiger partial charge in [-0.1, -0.05) is 46.6 Å². The molecule has 0 aliphatic rings. The lowest BCUT2D eigenvalue weighted by molar-refractivity contribution is -0.113. The molecule has 0 aliphatic heterocycles. The van der Waals surface area contributed by atoms with Gasteiger partial charge in [-0.2, -0.15) is 0 Å². The largest absolute Gasteiger partial charge is 0.495 e. The van der Waals surface area contributed by atoms with E-state index in [2.05, 4.69) is 15.5 Å². The van der Waals surface area contributed by atoms with Gasteiger partial charge in [0.15, 0.2) is 11.0 Å². The third-order valence-electron chi connectivity index (χ3n) is 3.94. The minimum absolute atomic E-state index is 0.128. The van der Waals surface area contributed by atoms with Crippen molar-refractivity contribution < 1.29 is 14.3 Å². The number of hydrogen-bond acceptors (Lipinski definition) is 6. The highest BCUT2D eigenvalue weighted by atomic mass is 35.5. The van der Waals surface area contributed by atoms with Crippen LogP contribution in [0.3, 0.4) is 0 Å². The smallest absolute Gasteiger partial charge is 0.234 e. The van der Waals surface area contributed by atoms with Gasteiger partial charge in [0.2, 0.25) is 5.91 Å².